The number of aromatic nitrogens is 4. The third-order valence-corrected chi connectivity index (χ3v) is 6.12. The smallest absolute Gasteiger partial charge is 0.252 e. The topological polar surface area (TPSA) is 81.9 Å². The summed E-state index contributed by atoms with van der Waals surface area (Å²) in [4.78, 5) is 13.9. The number of tetrazole rings is 1. The number of hydrogen-bond donors (Lipinski definition) is 1. The molecular formula is C26H27N5O2S. The van der Waals surface area contributed by atoms with Crippen molar-refractivity contribution in [2.45, 2.75) is 43.8 Å². The van der Waals surface area contributed by atoms with E-state index in [0.717, 1.165) is 21.7 Å². The Balaban J connectivity index is 1.40. The zero-order chi connectivity index (χ0) is 23.8. The number of nitrogens with zero attached hydrogens (tertiary/aromatic N) is 4. The molecule has 34 heavy (non-hydrogen) atoms. The Bertz CT molecular complexity index is 1230. The molecule has 7 nitrogen and oxygen atoms in total. The molecule has 0 radical (unpaired) electrons. The molecule has 1 aromatic heterocycles. The van der Waals surface area contributed by atoms with Crippen LogP contribution in [-0.4, -0.2) is 32.2 Å². The fourth-order valence-corrected chi connectivity index (χ4v) is 4.31. The van der Waals surface area contributed by atoms with Crippen LogP contribution in [-0.2, 0) is 23.6 Å². The molecule has 0 saturated carbocycles. The van der Waals surface area contributed by atoms with Crippen LogP contribution in [0.1, 0.15) is 41.2 Å². The minimum atomic E-state index is -0.116. The number of nitrogens with one attached hydrogen (secondary N) is 1. The lowest BCUT2D eigenvalue weighted by atomic mass is 10.1. The minimum Gasteiger partial charge on any atom is -0.374 e. The Labute approximate surface area is 203 Å². The molecule has 0 unspecified atom stereocenters. The van der Waals surface area contributed by atoms with Gasteiger partial charge in [0.2, 0.25) is 0 Å². The second kappa shape index (κ2) is 11.6. The Hall–Kier alpha value is -3.49. The average molecular weight is 474 g/mol. The molecule has 1 amide bonds. The van der Waals surface area contributed by atoms with E-state index in [1.54, 1.807) is 4.68 Å². The van der Waals surface area contributed by atoms with Crippen molar-refractivity contribution in [3.63, 3.8) is 0 Å². The predicted molar refractivity (Wildman–Crippen MR) is 133 cm³/mol. The molecule has 0 bridgehead atoms. The lowest BCUT2D eigenvalue weighted by molar-refractivity contribution is 0.0657. The second-order valence-corrected chi connectivity index (χ2v) is 9.01. The summed E-state index contributed by atoms with van der Waals surface area (Å²) in [6.07, 6.45) is 0.176. The maximum atomic E-state index is 13.0. The molecule has 0 spiro atoms. The van der Waals surface area contributed by atoms with E-state index in [-0.39, 0.29) is 12.0 Å². The quantitative estimate of drug-likeness (QED) is 0.333. The van der Waals surface area contributed by atoms with Gasteiger partial charge in [0.05, 0.1) is 29.7 Å². The van der Waals surface area contributed by atoms with E-state index in [9.17, 15) is 4.79 Å². The first-order valence-corrected chi connectivity index (χ1v) is 12.1. The first-order valence-electron chi connectivity index (χ1n) is 11.1. The molecular weight excluding hydrogens is 446 g/mol. The number of rotatable bonds is 10. The van der Waals surface area contributed by atoms with E-state index >= 15 is 0 Å². The lowest BCUT2D eigenvalue weighted by Crippen LogP contribution is -2.23. The van der Waals surface area contributed by atoms with Crippen LogP contribution in [0.3, 0.4) is 0 Å². The van der Waals surface area contributed by atoms with Gasteiger partial charge in [-0.25, -0.2) is 0 Å². The summed E-state index contributed by atoms with van der Waals surface area (Å²) in [5.74, 6) is 1.13. The normalized spacial score (nSPS) is 11.0. The summed E-state index contributed by atoms with van der Waals surface area (Å²) in [5.41, 5.74) is 3.65. The molecule has 0 atom stereocenters. The van der Waals surface area contributed by atoms with Gasteiger partial charge < -0.3 is 10.1 Å². The van der Waals surface area contributed by atoms with E-state index < -0.39 is 0 Å². The fraction of sp³-hybridized carbons (Fsp3) is 0.231. The molecule has 3 aromatic carbocycles. The number of hydrogen-bond acceptors (Lipinski definition) is 6. The minimum absolute atomic E-state index is 0.116. The third-order valence-electron chi connectivity index (χ3n) is 5.05. The molecule has 0 aliphatic heterocycles. The van der Waals surface area contributed by atoms with E-state index in [2.05, 4.69) is 26.9 Å². The molecule has 0 aliphatic carbocycles. The zero-order valence-electron chi connectivity index (χ0n) is 19.2. The molecule has 0 aliphatic rings. The summed E-state index contributed by atoms with van der Waals surface area (Å²) < 4.78 is 7.40. The summed E-state index contributed by atoms with van der Waals surface area (Å²) in [6.45, 7) is 5.03. The molecule has 8 heteroatoms. The van der Waals surface area contributed by atoms with Gasteiger partial charge in [0.15, 0.2) is 5.82 Å². The number of carbonyl (C=O) groups excluding carboxylic acids is 1. The van der Waals surface area contributed by atoms with E-state index in [1.165, 1.54) is 11.8 Å². The molecule has 0 saturated heterocycles. The van der Waals surface area contributed by atoms with Gasteiger partial charge in [0, 0.05) is 11.4 Å². The summed E-state index contributed by atoms with van der Waals surface area (Å²) in [5, 5.41) is 15.1. The molecule has 1 heterocycles. The Morgan fingerprint density at radius 3 is 2.59 bits per heavy atom. The zero-order valence-corrected chi connectivity index (χ0v) is 20.0. The van der Waals surface area contributed by atoms with Crippen molar-refractivity contribution in [1.82, 2.24) is 25.5 Å². The highest BCUT2D eigenvalue weighted by molar-refractivity contribution is 7.98. The largest absolute Gasteiger partial charge is 0.374 e. The van der Waals surface area contributed by atoms with Crippen LogP contribution < -0.4 is 5.32 Å². The maximum absolute atomic E-state index is 13.0. The molecule has 1 N–H and O–H groups in total. The van der Waals surface area contributed by atoms with Gasteiger partial charge >= 0.3 is 0 Å². The van der Waals surface area contributed by atoms with Crippen LogP contribution >= 0.6 is 11.8 Å². The standard InChI is InChI=1S/C26H27N5O2S/c1-19(2)33-17-21-10-8-9-20(15-21)16-27-26(32)23-13-6-7-14-24(23)34-18-25-28-29-30-31(25)22-11-4-3-5-12-22/h3-15,19H,16-18H2,1-2H3,(H,27,32). The van der Waals surface area contributed by atoms with E-state index in [1.807, 2.05) is 86.6 Å². The monoisotopic (exact) mass is 473 g/mol. The van der Waals surface area contributed by atoms with Crippen LogP contribution in [0.4, 0.5) is 0 Å². The van der Waals surface area contributed by atoms with E-state index in [0.29, 0.717) is 30.3 Å². The number of ether oxygens (including phenoxy) is 1. The number of para-hydroxylation sites is 1. The SMILES string of the molecule is CC(C)OCc1cccc(CNC(=O)c2ccccc2SCc2nnnn2-c2ccccc2)c1. The summed E-state index contributed by atoms with van der Waals surface area (Å²) in [7, 11) is 0. The lowest BCUT2D eigenvalue weighted by Gasteiger charge is -2.11. The Morgan fingerprint density at radius 1 is 1.00 bits per heavy atom. The number of benzene rings is 3. The number of carbonyl (C=O) groups is 1. The van der Waals surface area contributed by atoms with Gasteiger partial charge in [0.25, 0.3) is 5.91 Å². The first-order chi connectivity index (χ1) is 16.6. The van der Waals surface area contributed by atoms with Gasteiger partial charge in [0.1, 0.15) is 0 Å². The number of amides is 1. The highest BCUT2D eigenvalue weighted by Crippen LogP contribution is 2.26. The van der Waals surface area contributed by atoms with Crippen LogP contribution in [0.5, 0.6) is 0 Å². The fourth-order valence-electron chi connectivity index (χ4n) is 3.36. The van der Waals surface area contributed by atoms with Gasteiger partial charge in [-0.15, -0.1) is 16.9 Å². The molecule has 0 fully saturated rings. The average Bonchev–Trinajstić information content (AvgIpc) is 3.34. The second-order valence-electron chi connectivity index (χ2n) is 7.99. The van der Waals surface area contributed by atoms with Crippen LogP contribution in [0, 0.1) is 0 Å². The van der Waals surface area contributed by atoms with Crippen molar-refractivity contribution in [1.29, 1.82) is 0 Å². The van der Waals surface area contributed by atoms with Crippen molar-refractivity contribution >= 4 is 17.7 Å². The van der Waals surface area contributed by atoms with Crippen molar-refractivity contribution in [2.24, 2.45) is 0 Å². The predicted octanol–water partition coefficient (Wildman–Crippen LogP) is 4.81. The van der Waals surface area contributed by atoms with Gasteiger partial charge in [-0.05, 0) is 59.7 Å². The van der Waals surface area contributed by atoms with Crippen LogP contribution in [0.2, 0.25) is 0 Å². The van der Waals surface area contributed by atoms with Gasteiger partial charge in [-0.1, -0.05) is 54.6 Å². The van der Waals surface area contributed by atoms with E-state index in [4.69, 9.17) is 4.74 Å². The summed E-state index contributed by atoms with van der Waals surface area (Å²) >= 11 is 1.53. The highest BCUT2D eigenvalue weighted by Gasteiger charge is 2.14. The molecule has 4 rings (SSSR count). The molecule has 174 valence electrons. The Morgan fingerprint density at radius 2 is 1.76 bits per heavy atom. The van der Waals surface area contributed by atoms with Crippen molar-refractivity contribution in [3.05, 3.63) is 101 Å². The first kappa shape index (κ1) is 23.7. The highest BCUT2D eigenvalue weighted by atomic mass is 32.2. The van der Waals surface area contributed by atoms with Gasteiger partial charge in [-0.2, -0.15) is 4.68 Å². The maximum Gasteiger partial charge on any atom is 0.252 e. The summed E-state index contributed by atoms with van der Waals surface area (Å²) in [6, 6.07) is 25.4. The number of thioether (sulfide) groups is 1. The van der Waals surface area contributed by atoms with Crippen molar-refractivity contribution in [3.8, 4) is 5.69 Å². The van der Waals surface area contributed by atoms with Crippen LogP contribution in [0.25, 0.3) is 5.69 Å². The van der Waals surface area contributed by atoms with Crippen molar-refractivity contribution in [2.75, 3.05) is 0 Å². The molecule has 4 aromatic rings. The van der Waals surface area contributed by atoms with Crippen molar-refractivity contribution < 1.29 is 9.53 Å². The van der Waals surface area contributed by atoms with Crippen LogP contribution in [0.15, 0.2) is 83.8 Å². The van der Waals surface area contributed by atoms with Gasteiger partial charge in [-0.3, -0.25) is 4.79 Å². The Kier molecular flexibility index (Phi) is 8.06. The third kappa shape index (κ3) is 6.30.